The van der Waals surface area contributed by atoms with E-state index in [1.165, 1.54) is 18.2 Å². The minimum atomic E-state index is -0.529. The summed E-state index contributed by atoms with van der Waals surface area (Å²) < 4.78 is 18.9. The van der Waals surface area contributed by atoms with Crippen LogP contribution in [0.15, 0.2) is 48.7 Å². The van der Waals surface area contributed by atoms with Gasteiger partial charge < -0.3 is 15.0 Å². The van der Waals surface area contributed by atoms with Crippen molar-refractivity contribution in [3.8, 4) is 5.88 Å². The minimum Gasteiger partial charge on any atom is -0.478 e. The van der Waals surface area contributed by atoms with Crippen LogP contribution in [0.1, 0.15) is 19.4 Å². The zero-order valence-corrected chi connectivity index (χ0v) is 16.5. The van der Waals surface area contributed by atoms with Crippen LogP contribution in [0.5, 0.6) is 5.88 Å². The molecule has 28 heavy (non-hydrogen) atoms. The maximum Gasteiger partial charge on any atom is 0.322 e. The molecule has 2 aromatic carbocycles. The van der Waals surface area contributed by atoms with Crippen molar-refractivity contribution in [3.05, 3.63) is 65.1 Å². The van der Waals surface area contributed by atoms with Gasteiger partial charge in [0.05, 0.1) is 11.6 Å². The molecule has 5 nitrogen and oxygen atoms in total. The van der Waals surface area contributed by atoms with Gasteiger partial charge in [-0.1, -0.05) is 29.8 Å². The third kappa shape index (κ3) is 4.34. The van der Waals surface area contributed by atoms with Gasteiger partial charge in [0.25, 0.3) is 0 Å². The van der Waals surface area contributed by atoms with E-state index in [1.807, 2.05) is 38.1 Å². The fourth-order valence-corrected chi connectivity index (χ4v) is 3.09. The quantitative estimate of drug-likeness (QED) is 0.595. The number of hydrogen-bond acceptors (Lipinski definition) is 3. The van der Waals surface area contributed by atoms with E-state index in [9.17, 15) is 9.18 Å². The van der Waals surface area contributed by atoms with Gasteiger partial charge in [-0.15, -0.1) is 0 Å². The first-order valence-corrected chi connectivity index (χ1v) is 9.41. The Morgan fingerprint density at radius 3 is 2.64 bits per heavy atom. The predicted octanol–water partition coefficient (Wildman–Crippen LogP) is 5.48. The average molecular weight is 402 g/mol. The van der Waals surface area contributed by atoms with Crippen LogP contribution >= 0.6 is 11.6 Å². The number of carbonyl (C=O) groups is 1. The van der Waals surface area contributed by atoms with Gasteiger partial charge in [0.2, 0.25) is 5.88 Å². The molecule has 0 unspecified atom stereocenters. The number of anilines is 1. The summed E-state index contributed by atoms with van der Waals surface area (Å²) in [5.74, 6) is 0.0502. The number of pyridine rings is 1. The van der Waals surface area contributed by atoms with Crippen molar-refractivity contribution in [1.29, 1.82) is 0 Å². The van der Waals surface area contributed by atoms with Crippen molar-refractivity contribution in [3.63, 3.8) is 0 Å². The van der Waals surface area contributed by atoms with Crippen LogP contribution in [0.25, 0.3) is 10.8 Å². The van der Waals surface area contributed by atoms with Gasteiger partial charge in [-0.05, 0) is 49.1 Å². The van der Waals surface area contributed by atoms with Crippen LogP contribution in [0, 0.1) is 5.82 Å². The second-order valence-electron chi connectivity index (χ2n) is 6.14. The van der Waals surface area contributed by atoms with Crippen LogP contribution in [0.4, 0.5) is 14.9 Å². The molecular weight excluding hydrogens is 381 g/mol. The number of halogens is 2. The lowest BCUT2D eigenvalue weighted by molar-refractivity contribution is 0.212. The Bertz CT molecular complexity index is 997. The molecule has 0 aliphatic heterocycles. The number of nitrogens with zero attached hydrogens (tertiary/aromatic N) is 2. The first-order valence-electron chi connectivity index (χ1n) is 9.03. The highest BCUT2D eigenvalue weighted by molar-refractivity contribution is 6.31. The molecule has 0 atom stereocenters. The summed E-state index contributed by atoms with van der Waals surface area (Å²) in [5, 5.41) is 4.60. The molecule has 0 bridgehead atoms. The monoisotopic (exact) mass is 401 g/mol. The molecular formula is C21H21ClFN3O2. The zero-order chi connectivity index (χ0) is 20.1. The summed E-state index contributed by atoms with van der Waals surface area (Å²) in [6.07, 6.45) is 1.73. The maximum absolute atomic E-state index is 13.3. The lowest BCUT2D eigenvalue weighted by atomic mass is 10.1. The second-order valence-corrected chi connectivity index (χ2v) is 6.55. The summed E-state index contributed by atoms with van der Waals surface area (Å²) in [6, 6.07) is 11.6. The maximum atomic E-state index is 13.3. The molecule has 1 N–H and O–H groups in total. The number of hydrogen-bond donors (Lipinski definition) is 1. The van der Waals surface area contributed by atoms with E-state index in [-0.39, 0.29) is 11.1 Å². The molecule has 3 rings (SSSR count). The van der Waals surface area contributed by atoms with E-state index in [0.29, 0.717) is 31.3 Å². The van der Waals surface area contributed by atoms with Gasteiger partial charge in [0.1, 0.15) is 5.82 Å². The highest BCUT2D eigenvalue weighted by Gasteiger charge is 2.16. The van der Waals surface area contributed by atoms with Gasteiger partial charge in [-0.2, -0.15) is 0 Å². The van der Waals surface area contributed by atoms with Crippen molar-refractivity contribution in [2.24, 2.45) is 0 Å². The summed E-state index contributed by atoms with van der Waals surface area (Å²) in [6.45, 7) is 5.19. The van der Waals surface area contributed by atoms with Crippen molar-refractivity contribution in [1.82, 2.24) is 9.88 Å². The van der Waals surface area contributed by atoms with Gasteiger partial charge in [0, 0.05) is 30.4 Å². The minimum absolute atomic E-state index is 0.0393. The van der Waals surface area contributed by atoms with Crippen LogP contribution in [0.2, 0.25) is 5.02 Å². The first kappa shape index (κ1) is 19.9. The number of nitrogens with one attached hydrogen (secondary N) is 1. The molecule has 0 fully saturated rings. The Labute approximate surface area is 168 Å². The highest BCUT2D eigenvalue weighted by Crippen LogP contribution is 2.27. The summed E-state index contributed by atoms with van der Waals surface area (Å²) >= 11 is 5.79. The van der Waals surface area contributed by atoms with E-state index in [2.05, 4.69) is 10.3 Å². The number of carbonyl (C=O) groups excluding carboxylic acids is 1. The summed E-state index contributed by atoms with van der Waals surface area (Å²) in [4.78, 5) is 18.7. The van der Waals surface area contributed by atoms with Gasteiger partial charge >= 0.3 is 6.03 Å². The molecule has 0 saturated heterocycles. The molecule has 0 aliphatic carbocycles. The van der Waals surface area contributed by atoms with Crippen LogP contribution < -0.4 is 10.1 Å². The zero-order valence-electron chi connectivity index (χ0n) is 15.7. The fraction of sp³-hybridized carbons (Fsp3) is 0.238. The average Bonchev–Trinajstić information content (AvgIpc) is 2.70. The molecule has 146 valence electrons. The Kier molecular flexibility index (Phi) is 6.31. The van der Waals surface area contributed by atoms with Gasteiger partial charge in [-0.25, -0.2) is 14.2 Å². The standard InChI is InChI=1S/C21H21ClFN3O2/c1-3-26(21(27)25-15-9-10-19(23)18(22)11-15)13-14-12-24-20(28-4-2)17-8-6-5-7-16(14)17/h5-12H,3-4,13H2,1-2H3,(H,25,27). The lowest BCUT2D eigenvalue weighted by Gasteiger charge is -2.22. The number of fused-ring (bicyclic) bond motifs is 1. The molecule has 1 heterocycles. The van der Waals surface area contributed by atoms with Gasteiger partial charge in [-0.3, -0.25) is 0 Å². The molecule has 0 radical (unpaired) electrons. The number of benzene rings is 2. The summed E-state index contributed by atoms with van der Waals surface area (Å²) in [5.41, 5.74) is 1.35. The fourth-order valence-electron chi connectivity index (χ4n) is 2.91. The Hall–Kier alpha value is -2.86. The highest BCUT2D eigenvalue weighted by atomic mass is 35.5. The third-order valence-corrected chi connectivity index (χ3v) is 4.61. The Morgan fingerprint density at radius 1 is 1.21 bits per heavy atom. The third-order valence-electron chi connectivity index (χ3n) is 4.32. The molecule has 0 saturated carbocycles. The molecule has 3 aromatic rings. The number of amides is 2. The van der Waals surface area contributed by atoms with E-state index >= 15 is 0 Å². The molecule has 7 heteroatoms. The molecule has 0 spiro atoms. The lowest BCUT2D eigenvalue weighted by Crippen LogP contribution is -2.34. The number of rotatable bonds is 6. The van der Waals surface area contributed by atoms with Crippen molar-refractivity contribution in [2.75, 3.05) is 18.5 Å². The number of aromatic nitrogens is 1. The molecule has 0 aliphatic rings. The first-order chi connectivity index (χ1) is 13.5. The van der Waals surface area contributed by atoms with Crippen LogP contribution in [0.3, 0.4) is 0 Å². The SMILES string of the molecule is CCOc1ncc(CN(CC)C(=O)Nc2ccc(F)c(Cl)c2)c2ccccc12. The van der Waals surface area contributed by atoms with Crippen molar-refractivity contribution >= 4 is 34.1 Å². The van der Waals surface area contributed by atoms with E-state index in [0.717, 1.165) is 16.3 Å². The predicted molar refractivity (Wildman–Crippen MR) is 109 cm³/mol. The van der Waals surface area contributed by atoms with E-state index in [4.69, 9.17) is 16.3 Å². The molecule has 2 amide bonds. The molecule has 1 aromatic heterocycles. The Balaban J connectivity index is 1.83. The van der Waals surface area contributed by atoms with Crippen LogP contribution in [-0.2, 0) is 6.54 Å². The Morgan fingerprint density at radius 2 is 1.96 bits per heavy atom. The van der Waals surface area contributed by atoms with Crippen molar-refractivity contribution in [2.45, 2.75) is 20.4 Å². The van der Waals surface area contributed by atoms with Crippen LogP contribution in [-0.4, -0.2) is 29.1 Å². The second kappa shape index (κ2) is 8.89. The van der Waals surface area contributed by atoms with Gasteiger partial charge in [0.15, 0.2) is 0 Å². The van der Waals surface area contributed by atoms with Crippen molar-refractivity contribution < 1.29 is 13.9 Å². The number of ether oxygens (including phenoxy) is 1. The van der Waals surface area contributed by atoms with E-state index < -0.39 is 5.82 Å². The normalized spacial score (nSPS) is 10.7. The topological polar surface area (TPSA) is 54.5 Å². The number of urea groups is 1. The van der Waals surface area contributed by atoms with E-state index in [1.54, 1.807) is 11.1 Å². The summed E-state index contributed by atoms with van der Waals surface area (Å²) in [7, 11) is 0. The largest absolute Gasteiger partial charge is 0.478 e. The smallest absolute Gasteiger partial charge is 0.322 e.